The van der Waals surface area contributed by atoms with Crippen LogP contribution in [0.4, 0.5) is 0 Å². The molecule has 0 N–H and O–H groups in total. The summed E-state index contributed by atoms with van der Waals surface area (Å²) in [5.41, 5.74) is 2.41. The summed E-state index contributed by atoms with van der Waals surface area (Å²) < 4.78 is 2.03. The Hall–Kier alpha value is -1.24. The lowest BCUT2D eigenvalue weighted by molar-refractivity contribution is 0.926. The minimum atomic E-state index is 1.19. The van der Waals surface area contributed by atoms with Crippen LogP contribution in [0.2, 0.25) is 0 Å². The molecule has 0 aliphatic carbocycles. The van der Waals surface area contributed by atoms with Crippen molar-refractivity contribution in [3.63, 3.8) is 0 Å². The second kappa shape index (κ2) is 3.24. The molecule has 11 heavy (non-hydrogen) atoms. The Morgan fingerprint density at radius 3 is 2.55 bits per heavy atom. The maximum Gasteiger partial charge on any atom is 0.0110 e. The lowest BCUT2D eigenvalue weighted by Crippen LogP contribution is -1.77. The van der Waals surface area contributed by atoms with E-state index in [1.807, 2.05) is 30.7 Å². The normalized spacial score (nSPS) is 10.7. The van der Waals surface area contributed by atoms with Gasteiger partial charge in [0.1, 0.15) is 0 Å². The first-order chi connectivity index (χ1) is 5.27. The Morgan fingerprint density at radius 1 is 1.36 bits per heavy atom. The highest BCUT2D eigenvalue weighted by atomic mass is 14.9. The molecule has 0 saturated heterocycles. The van der Waals surface area contributed by atoms with Crippen LogP contribution in [0.3, 0.4) is 0 Å². The maximum absolute atomic E-state index is 3.74. The molecular weight excluding hydrogens is 134 g/mol. The molecule has 0 amide bonds. The zero-order chi connectivity index (χ0) is 8.27. The van der Waals surface area contributed by atoms with Crippen LogP contribution in [0.1, 0.15) is 18.1 Å². The van der Waals surface area contributed by atoms with Gasteiger partial charge in [0.25, 0.3) is 0 Å². The summed E-state index contributed by atoms with van der Waals surface area (Å²) in [5, 5.41) is 0. The van der Waals surface area contributed by atoms with Crippen molar-refractivity contribution in [3.8, 4) is 0 Å². The molecule has 0 aliphatic rings. The first-order valence-corrected chi connectivity index (χ1v) is 3.69. The minimum Gasteiger partial charge on any atom is -0.356 e. The second-order valence-electron chi connectivity index (χ2n) is 2.54. The SMILES string of the molecule is C=Cc1cn(C)cc1/C=C\C. The third-order valence-corrected chi connectivity index (χ3v) is 1.58. The van der Waals surface area contributed by atoms with E-state index in [-0.39, 0.29) is 0 Å². The van der Waals surface area contributed by atoms with Gasteiger partial charge in [-0.2, -0.15) is 0 Å². The predicted molar refractivity (Wildman–Crippen MR) is 50.2 cm³/mol. The van der Waals surface area contributed by atoms with Crippen molar-refractivity contribution >= 4 is 12.2 Å². The molecular formula is C10H13N. The molecule has 0 aliphatic heterocycles. The number of aryl methyl sites for hydroxylation is 1. The zero-order valence-corrected chi connectivity index (χ0v) is 7.04. The third kappa shape index (κ3) is 1.61. The summed E-state index contributed by atoms with van der Waals surface area (Å²) in [6.45, 7) is 5.75. The van der Waals surface area contributed by atoms with Crippen LogP contribution in [-0.2, 0) is 7.05 Å². The monoisotopic (exact) mass is 147 g/mol. The Bertz CT molecular complexity index is 279. The van der Waals surface area contributed by atoms with Crippen LogP contribution >= 0.6 is 0 Å². The van der Waals surface area contributed by atoms with Crippen molar-refractivity contribution in [1.29, 1.82) is 0 Å². The van der Waals surface area contributed by atoms with E-state index in [1.165, 1.54) is 11.1 Å². The third-order valence-electron chi connectivity index (χ3n) is 1.58. The highest BCUT2D eigenvalue weighted by Gasteiger charge is 1.96. The number of rotatable bonds is 2. The second-order valence-corrected chi connectivity index (χ2v) is 2.54. The van der Waals surface area contributed by atoms with Gasteiger partial charge in [-0.15, -0.1) is 0 Å². The van der Waals surface area contributed by atoms with Gasteiger partial charge in [0.15, 0.2) is 0 Å². The Kier molecular flexibility index (Phi) is 2.32. The van der Waals surface area contributed by atoms with Crippen LogP contribution in [0.25, 0.3) is 12.2 Å². The molecule has 0 saturated carbocycles. The summed E-state index contributed by atoms with van der Waals surface area (Å²) in [7, 11) is 2.01. The maximum atomic E-state index is 3.74. The Balaban J connectivity index is 3.11. The number of nitrogens with zero attached hydrogens (tertiary/aromatic N) is 1. The molecule has 1 nitrogen and oxygen atoms in total. The number of allylic oxidation sites excluding steroid dienone is 1. The molecule has 0 unspecified atom stereocenters. The van der Waals surface area contributed by atoms with Crippen molar-refractivity contribution in [1.82, 2.24) is 4.57 Å². The molecule has 1 aromatic rings. The van der Waals surface area contributed by atoms with Gasteiger partial charge >= 0.3 is 0 Å². The standard InChI is InChI=1S/C10H13N/c1-4-6-10-8-11(3)7-9(10)5-2/h4-8H,2H2,1,3H3/b6-4-. The van der Waals surface area contributed by atoms with E-state index in [2.05, 4.69) is 25.0 Å². The van der Waals surface area contributed by atoms with Gasteiger partial charge < -0.3 is 4.57 Å². The summed E-state index contributed by atoms with van der Waals surface area (Å²) in [5.74, 6) is 0. The van der Waals surface area contributed by atoms with Gasteiger partial charge in [-0.3, -0.25) is 0 Å². The molecule has 0 bridgehead atoms. The molecule has 1 rings (SSSR count). The molecule has 1 heterocycles. The van der Waals surface area contributed by atoms with Crippen LogP contribution in [0.15, 0.2) is 25.0 Å². The van der Waals surface area contributed by atoms with Crippen molar-refractivity contribution in [2.45, 2.75) is 6.92 Å². The molecule has 0 fully saturated rings. The van der Waals surface area contributed by atoms with Crippen molar-refractivity contribution in [3.05, 3.63) is 36.2 Å². The average Bonchev–Trinajstić information content (AvgIpc) is 2.32. The zero-order valence-electron chi connectivity index (χ0n) is 7.04. The first-order valence-electron chi connectivity index (χ1n) is 3.69. The molecule has 0 aromatic carbocycles. The first kappa shape index (κ1) is 7.86. The van der Waals surface area contributed by atoms with Crippen molar-refractivity contribution < 1.29 is 0 Å². The largest absolute Gasteiger partial charge is 0.356 e. The fraction of sp³-hybridized carbons (Fsp3) is 0.200. The predicted octanol–water partition coefficient (Wildman–Crippen LogP) is 2.70. The van der Waals surface area contributed by atoms with Crippen LogP contribution in [-0.4, -0.2) is 4.57 Å². The highest BCUT2D eigenvalue weighted by Crippen LogP contribution is 2.12. The smallest absolute Gasteiger partial charge is 0.0110 e. The molecule has 0 spiro atoms. The molecule has 58 valence electrons. The van der Waals surface area contributed by atoms with E-state index >= 15 is 0 Å². The topological polar surface area (TPSA) is 4.93 Å². The number of aromatic nitrogens is 1. The molecule has 1 heteroatoms. The van der Waals surface area contributed by atoms with Gasteiger partial charge in [-0.1, -0.05) is 24.8 Å². The lowest BCUT2D eigenvalue weighted by Gasteiger charge is -1.86. The van der Waals surface area contributed by atoms with Crippen molar-refractivity contribution in [2.75, 3.05) is 0 Å². The minimum absolute atomic E-state index is 1.19. The summed E-state index contributed by atoms with van der Waals surface area (Å²) in [6, 6.07) is 0. The molecule has 0 radical (unpaired) electrons. The molecule has 1 aromatic heterocycles. The fourth-order valence-electron chi connectivity index (χ4n) is 1.11. The van der Waals surface area contributed by atoms with E-state index in [1.54, 1.807) is 0 Å². The van der Waals surface area contributed by atoms with E-state index in [0.29, 0.717) is 0 Å². The van der Waals surface area contributed by atoms with Crippen molar-refractivity contribution in [2.24, 2.45) is 7.05 Å². The van der Waals surface area contributed by atoms with Gasteiger partial charge in [-0.25, -0.2) is 0 Å². The number of hydrogen-bond donors (Lipinski definition) is 0. The summed E-state index contributed by atoms with van der Waals surface area (Å²) in [4.78, 5) is 0. The van der Waals surface area contributed by atoms with Gasteiger partial charge in [0.2, 0.25) is 0 Å². The Morgan fingerprint density at radius 2 is 2.00 bits per heavy atom. The number of hydrogen-bond acceptors (Lipinski definition) is 0. The molecule has 0 atom stereocenters. The van der Waals surface area contributed by atoms with Gasteiger partial charge in [0.05, 0.1) is 0 Å². The van der Waals surface area contributed by atoms with E-state index in [0.717, 1.165) is 0 Å². The fourth-order valence-corrected chi connectivity index (χ4v) is 1.11. The quantitative estimate of drug-likeness (QED) is 0.606. The van der Waals surface area contributed by atoms with Crippen LogP contribution in [0, 0.1) is 0 Å². The Labute approximate surface area is 67.7 Å². The lowest BCUT2D eigenvalue weighted by atomic mass is 10.2. The summed E-state index contributed by atoms with van der Waals surface area (Å²) >= 11 is 0. The van der Waals surface area contributed by atoms with Gasteiger partial charge in [0, 0.05) is 19.4 Å². The summed E-state index contributed by atoms with van der Waals surface area (Å²) in [6.07, 6.45) is 10.1. The van der Waals surface area contributed by atoms with E-state index in [4.69, 9.17) is 0 Å². The van der Waals surface area contributed by atoms with Gasteiger partial charge in [-0.05, 0) is 18.1 Å². The highest BCUT2D eigenvalue weighted by molar-refractivity contribution is 5.63. The average molecular weight is 147 g/mol. The van der Waals surface area contributed by atoms with E-state index < -0.39 is 0 Å². The van der Waals surface area contributed by atoms with E-state index in [9.17, 15) is 0 Å². The van der Waals surface area contributed by atoms with Crippen LogP contribution < -0.4 is 0 Å². The van der Waals surface area contributed by atoms with Crippen LogP contribution in [0.5, 0.6) is 0 Å².